The minimum atomic E-state index is -0.243. The van der Waals surface area contributed by atoms with Crippen molar-refractivity contribution < 1.29 is 4.74 Å². The average molecular weight is 332 g/mol. The van der Waals surface area contributed by atoms with Crippen LogP contribution in [0.25, 0.3) is 16.6 Å². The quantitative estimate of drug-likeness (QED) is 0.575. The Balaban J connectivity index is 1.64. The van der Waals surface area contributed by atoms with Crippen molar-refractivity contribution in [3.05, 3.63) is 77.5 Å². The van der Waals surface area contributed by atoms with E-state index < -0.39 is 0 Å². The Hall–Kier alpha value is -3.41. The van der Waals surface area contributed by atoms with Crippen molar-refractivity contribution in [2.45, 2.75) is 13.5 Å². The van der Waals surface area contributed by atoms with E-state index in [-0.39, 0.29) is 11.4 Å². The Kier molecular flexibility index (Phi) is 3.78. The largest absolute Gasteiger partial charge is 0.435 e. The van der Waals surface area contributed by atoms with Crippen LogP contribution in [0.5, 0.6) is 11.6 Å². The van der Waals surface area contributed by atoms with Crippen LogP contribution in [0.1, 0.15) is 6.92 Å². The number of aryl methyl sites for hydroxylation is 1. The molecular formula is C19H16N4O2. The second-order valence-electron chi connectivity index (χ2n) is 5.53. The summed E-state index contributed by atoms with van der Waals surface area (Å²) < 4.78 is 9.05. The molecule has 0 N–H and O–H groups in total. The SMILES string of the molecule is CCn1ccnc(Oc2ccc(-n3ncc4ccccc43)cc2)c1=O. The lowest BCUT2D eigenvalue weighted by Crippen LogP contribution is -2.20. The van der Waals surface area contributed by atoms with Crippen molar-refractivity contribution >= 4 is 10.9 Å². The molecule has 2 aromatic heterocycles. The van der Waals surface area contributed by atoms with Crippen LogP contribution >= 0.6 is 0 Å². The first-order valence-corrected chi connectivity index (χ1v) is 8.03. The molecule has 0 radical (unpaired) electrons. The first kappa shape index (κ1) is 15.1. The zero-order valence-electron chi connectivity index (χ0n) is 13.7. The normalized spacial score (nSPS) is 10.9. The summed E-state index contributed by atoms with van der Waals surface area (Å²) in [6, 6.07) is 15.4. The van der Waals surface area contributed by atoms with E-state index in [2.05, 4.69) is 10.1 Å². The molecule has 2 aromatic carbocycles. The van der Waals surface area contributed by atoms with Crippen LogP contribution in [0, 0.1) is 0 Å². The lowest BCUT2D eigenvalue weighted by molar-refractivity contribution is 0.445. The van der Waals surface area contributed by atoms with Crippen molar-refractivity contribution in [1.29, 1.82) is 0 Å². The van der Waals surface area contributed by atoms with E-state index in [1.807, 2.05) is 54.2 Å². The molecule has 2 heterocycles. The molecule has 6 nitrogen and oxygen atoms in total. The predicted octanol–water partition coefficient (Wildman–Crippen LogP) is 3.39. The van der Waals surface area contributed by atoms with Gasteiger partial charge in [0.1, 0.15) is 5.75 Å². The molecule has 0 amide bonds. The maximum absolute atomic E-state index is 12.2. The molecule has 4 aromatic rings. The number of hydrogen-bond donors (Lipinski definition) is 0. The van der Waals surface area contributed by atoms with Gasteiger partial charge in [-0.25, -0.2) is 9.67 Å². The summed E-state index contributed by atoms with van der Waals surface area (Å²) in [7, 11) is 0. The van der Waals surface area contributed by atoms with E-state index in [1.54, 1.807) is 29.1 Å². The monoisotopic (exact) mass is 332 g/mol. The van der Waals surface area contributed by atoms with Gasteiger partial charge >= 0.3 is 5.56 Å². The fourth-order valence-corrected chi connectivity index (χ4v) is 2.69. The molecule has 0 spiro atoms. The lowest BCUT2D eigenvalue weighted by atomic mass is 10.2. The minimum absolute atomic E-state index is 0.0710. The predicted molar refractivity (Wildman–Crippen MR) is 95.3 cm³/mol. The number of para-hydroxylation sites is 1. The minimum Gasteiger partial charge on any atom is -0.435 e. The highest BCUT2D eigenvalue weighted by Gasteiger charge is 2.08. The number of aromatic nitrogens is 4. The van der Waals surface area contributed by atoms with Gasteiger partial charge in [0, 0.05) is 24.3 Å². The van der Waals surface area contributed by atoms with Crippen molar-refractivity contribution in [2.24, 2.45) is 0 Å². The maximum atomic E-state index is 12.2. The molecule has 0 unspecified atom stereocenters. The van der Waals surface area contributed by atoms with Crippen LogP contribution in [-0.2, 0) is 6.54 Å². The van der Waals surface area contributed by atoms with Gasteiger partial charge in [-0.3, -0.25) is 4.79 Å². The van der Waals surface area contributed by atoms with Gasteiger partial charge < -0.3 is 9.30 Å². The number of fused-ring (bicyclic) bond motifs is 1. The van der Waals surface area contributed by atoms with E-state index in [9.17, 15) is 4.79 Å². The van der Waals surface area contributed by atoms with E-state index in [0.29, 0.717) is 12.3 Å². The van der Waals surface area contributed by atoms with E-state index in [4.69, 9.17) is 4.74 Å². The fourth-order valence-electron chi connectivity index (χ4n) is 2.69. The Labute approximate surface area is 143 Å². The van der Waals surface area contributed by atoms with Gasteiger partial charge in [0.05, 0.1) is 17.4 Å². The summed E-state index contributed by atoms with van der Waals surface area (Å²) in [6.07, 6.45) is 5.03. The van der Waals surface area contributed by atoms with Gasteiger partial charge in [-0.1, -0.05) is 18.2 Å². The highest BCUT2D eigenvalue weighted by molar-refractivity contribution is 5.80. The second-order valence-corrected chi connectivity index (χ2v) is 5.53. The molecule has 0 aliphatic rings. The number of ether oxygens (including phenoxy) is 1. The van der Waals surface area contributed by atoms with Crippen LogP contribution in [0.3, 0.4) is 0 Å². The third-order valence-corrected chi connectivity index (χ3v) is 4.00. The molecule has 0 atom stereocenters. The van der Waals surface area contributed by atoms with Crippen LogP contribution in [0.15, 0.2) is 71.9 Å². The Morgan fingerprint density at radius 3 is 2.68 bits per heavy atom. The van der Waals surface area contributed by atoms with Crippen LogP contribution in [0.2, 0.25) is 0 Å². The number of benzene rings is 2. The van der Waals surface area contributed by atoms with Crippen molar-refractivity contribution in [2.75, 3.05) is 0 Å². The smallest absolute Gasteiger partial charge is 0.313 e. The van der Waals surface area contributed by atoms with Crippen molar-refractivity contribution in [3.8, 4) is 17.3 Å². The lowest BCUT2D eigenvalue weighted by Gasteiger charge is -2.08. The van der Waals surface area contributed by atoms with Gasteiger partial charge in [-0.2, -0.15) is 5.10 Å². The standard InChI is InChI=1S/C19H16N4O2/c1-2-22-12-11-20-18(19(22)24)25-16-9-7-15(8-10-16)23-17-6-4-3-5-14(17)13-21-23/h3-13H,2H2,1H3. The van der Waals surface area contributed by atoms with Gasteiger partial charge in [0.15, 0.2) is 0 Å². The summed E-state index contributed by atoms with van der Waals surface area (Å²) in [4.78, 5) is 16.2. The van der Waals surface area contributed by atoms with E-state index >= 15 is 0 Å². The highest BCUT2D eigenvalue weighted by atomic mass is 16.5. The van der Waals surface area contributed by atoms with E-state index in [0.717, 1.165) is 16.6 Å². The molecule has 124 valence electrons. The van der Waals surface area contributed by atoms with Gasteiger partial charge in [0.25, 0.3) is 5.88 Å². The summed E-state index contributed by atoms with van der Waals surface area (Å²) >= 11 is 0. The van der Waals surface area contributed by atoms with Crippen LogP contribution in [-0.4, -0.2) is 19.3 Å². The Morgan fingerprint density at radius 2 is 1.88 bits per heavy atom. The molecule has 4 rings (SSSR count). The highest BCUT2D eigenvalue weighted by Crippen LogP contribution is 2.22. The van der Waals surface area contributed by atoms with Gasteiger partial charge in [0.2, 0.25) is 0 Å². The van der Waals surface area contributed by atoms with E-state index in [1.165, 1.54) is 0 Å². The molecular weight excluding hydrogens is 316 g/mol. The maximum Gasteiger partial charge on any atom is 0.313 e. The first-order valence-electron chi connectivity index (χ1n) is 8.03. The molecule has 6 heteroatoms. The molecule has 25 heavy (non-hydrogen) atoms. The Morgan fingerprint density at radius 1 is 1.08 bits per heavy atom. The summed E-state index contributed by atoms with van der Waals surface area (Å²) in [5, 5.41) is 5.51. The number of rotatable bonds is 4. The van der Waals surface area contributed by atoms with Crippen LogP contribution in [0.4, 0.5) is 0 Å². The van der Waals surface area contributed by atoms with Gasteiger partial charge in [-0.15, -0.1) is 0 Å². The average Bonchev–Trinajstić information content (AvgIpc) is 3.08. The number of hydrogen-bond acceptors (Lipinski definition) is 4. The molecule has 0 aliphatic carbocycles. The molecule has 0 fully saturated rings. The van der Waals surface area contributed by atoms with Gasteiger partial charge in [-0.05, 0) is 37.3 Å². The number of nitrogens with zero attached hydrogens (tertiary/aromatic N) is 4. The topological polar surface area (TPSA) is 61.9 Å². The third kappa shape index (κ3) is 2.78. The zero-order chi connectivity index (χ0) is 17.2. The molecule has 0 aliphatic heterocycles. The second kappa shape index (κ2) is 6.24. The molecule has 0 saturated carbocycles. The first-order chi connectivity index (χ1) is 12.3. The zero-order valence-corrected chi connectivity index (χ0v) is 13.7. The summed E-state index contributed by atoms with van der Waals surface area (Å²) in [5.41, 5.74) is 1.71. The third-order valence-electron chi connectivity index (χ3n) is 4.00. The molecule has 0 saturated heterocycles. The Bertz CT molecular complexity index is 1080. The van der Waals surface area contributed by atoms with Crippen molar-refractivity contribution in [1.82, 2.24) is 19.3 Å². The fraction of sp³-hybridized carbons (Fsp3) is 0.105. The summed E-state index contributed by atoms with van der Waals surface area (Å²) in [5.74, 6) is 0.625. The van der Waals surface area contributed by atoms with Crippen molar-refractivity contribution in [3.63, 3.8) is 0 Å². The summed E-state index contributed by atoms with van der Waals surface area (Å²) in [6.45, 7) is 2.47. The molecule has 0 bridgehead atoms. The van der Waals surface area contributed by atoms with Crippen LogP contribution < -0.4 is 10.3 Å².